The van der Waals surface area contributed by atoms with Crippen molar-refractivity contribution in [3.05, 3.63) is 35.9 Å². The van der Waals surface area contributed by atoms with Crippen LogP contribution in [0.5, 0.6) is 11.5 Å². The van der Waals surface area contributed by atoms with Crippen LogP contribution in [0.4, 0.5) is 0 Å². The van der Waals surface area contributed by atoms with Crippen LogP contribution in [0.3, 0.4) is 0 Å². The number of hydrogen-bond donors (Lipinski definition) is 1. The molecule has 0 atom stereocenters. The Morgan fingerprint density at radius 1 is 1.27 bits per heavy atom. The fraction of sp³-hybridized carbons (Fsp3) is 0.500. The number of carbonyl (C=O) groups excluding carboxylic acids is 1. The number of halogens is 1. The molecule has 0 aliphatic rings. The van der Waals surface area contributed by atoms with Gasteiger partial charge in [-0.05, 0) is 37.8 Å². The fourth-order valence-corrected chi connectivity index (χ4v) is 2.65. The largest absolute Gasteiger partial charge is 0.507 e. The van der Waals surface area contributed by atoms with E-state index >= 15 is 0 Å². The Kier molecular flexibility index (Phi) is 8.90. The Morgan fingerprint density at radius 3 is 2.59 bits per heavy atom. The zero-order chi connectivity index (χ0) is 16.4. The average Bonchev–Trinajstić information content (AvgIpc) is 2.48. The molecule has 0 radical (unpaired) electrons. The summed E-state index contributed by atoms with van der Waals surface area (Å²) in [6.45, 7) is 5.79. The molecule has 0 aliphatic heterocycles. The molecule has 122 valence electrons. The number of carbonyl (C=O) groups is 1. The third-order valence-electron chi connectivity index (χ3n) is 3.46. The molecule has 0 spiro atoms. The molecule has 0 bridgehead atoms. The van der Waals surface area contributed by atoms with Gasteiger partial charge in [0.2, 0.25) is 0 Å². The number of alkyl halides is 1. The van der Waals surface area contributed by atoms with Crippen molar-refractivity contribution in [3.63, 3.8) is 0 Å². The lowest BCUT2D eigenvalue weighted by Gasteiger charge is -2.13. The smallest absolute Gasteiger partial charge is 0.163 e. The Morgan fingerprint density at radius 2 is 1.95 bits per heavy atom. The molecule has 1 aromatic carbocycles. The predicted molar refractivity (Wildman–Crippen MR) is 94.4 cm³/mol. The van der Waals surface area contributed by atoms with Gasteiger partial charge in [-0.15, -0.1) is 6.58 Å². The first-order valence-corrected chi connectivity index (χ1v) is 8.88. The van der Waals surface area contributed by atoms with Gasteiger partial charge in [0.05, 0.1) is 12.2 Å². The van der Waals surface area contributed by atoms with Gasteiger partial charge < -0.3 is 9.84 Å². The number of benzene rings is 1. The normalized spacial score (nSPS) is 10.5. The summed E-state index contributed by atoms with van der Waals surface area (Å²) < 4.78 is 5.78. The quantitative estimate of drug-likeness (QED) is 0.257. The van der Waals surface area contributed by atoms with E-state index in [1.54, 1.807) is 18.2 Å². The second-order valence-electron chi connectivity index (χ2n) is 5.33. The summed E-state index contributed by atoms with van der Waals surface area (Å²) in [5, 5.41) is 11.0. The zero-order valence-corrected chi connectivity index (χ0v) is 14.8. The van der Waals surface area contributed by atoms with Crippen molar-refractivity contribution in [2.75, 3.05) is 11.9 Å². The molecule has 0 aliphatic carbocycles. The van der Waals surface area contributed by atoms with Gasteiger partial charge in [0.1, 0.15) is 11.5 Å². The van der Waals surface area contributed by atoms with Crippen molar-refractivity contribution >= 4 is 21.7 Å². The first kappa shape index (κ1) is 18.8. The van der Waals surface area contributed by atoms with Crippen molar-refractivity contribution in [1.82, 2.24) is 0 Å². The van der Waals surface area contributed by atoms with E-state index < -0.39 is 0 Å². The highest BCUT2D eigenvalue weighted by molar-refractivity contribution is 9.09. The van der Waals surface area contributed by atoms with Gasteiger partial charge >= 0.3 is 0 Å². The van der Waals surface area contributed by atoms with Crippen LogP contribution in [0.2, 0.25) is 0 Å². The van der Waals surface area contributed by atoms with E-state index in [9.17, 15) is 9.90 Å². The number of unbranched alkanes of at least 4 members (excludes halogenated alkanes) is 4. The maximum Gasteiger partial charge on any atom is 0.163 e. The molecule has 0 aromatic heterocycles. The molecule has 0 heterocycles. The lowest BCUT2D eigenvalue weighted by atomic mass is 10.0. The van der Waals surface area contributed by atoms with Crippen LogP contribution in [0.1, 0.15) is 54.9 Å². The van der Waals surface area contributed by atoms with Gasteiger partial charge in [-0.25, -0.2) is 0 Å². The summed E-state index contributed by atoms with van der Waals surface area (Å²) in [5.74, 6) is 0.469. The lowest BCUT2D eigenvalue weighted by molar-refractivity contribution is 0.101. The second-order valence-corrected chi connectivity index (χ2v) is 6.12. The fourth-order valence-electron chi connectivity index (χ4n) is 2.25. The molecule has 3 nitrogen and oxygen atoms in total. The van der Waals surface area contributed by atoms with E-state index in [1.807, 2.05) is 0 Å². The van der Waals surface area contributed by atoms with Gasteiger partial charge in [-0.1, -0.05) is 41.3 Å². The van der Waals surface area contributed by atoms with Gasteiger partial charge in [-0.2, -0.15) is 0 Å². The topological polar surface area (TPSA) is 46.5 Å². The standard InChI is InChI=1S/C18H25BrO3/c1-3-9-15-12-16(14(2)20)17(21)13-18(15)22-11-8-6-4-5-7-10-19/h3,12-13,21H,1,4-11H2,2H3. The number of allylic oxidation sites excluding steroid dienone is 1. The van der Waals surface area contributed by atoms with Crippen molar-refractivity contribution in [2.24, 2.45) is 0 Å². The zero-order valence-electron chi connectivity index (χ0n) is 13.2. The van der Waals surface area contributed by atoms with Gasteiger partial charge in [0.25, 0.3) is 0 Å². The van der Waals surface area contributed by atoms with Crippen molar-refractivity contribution in [3.8, 4) is 11.5 Å². The highest BCUT2D eigenvalue weighted by Crippen LogP contribution is 2.29. The first-order valence-electron chi connectivity index (χ1n) is 7.76. The van der Waals surface area contributed by atoms with Crippen LogP contribution in [0.15, 0.2) is 24.8 Å². The van der Waals surface area contributed by atoms with Crippen molar-refractivity contribution in [2.45, 2.75) is 45.4 Å². The molecule has 22 heavy (non-hydrogen) atoms. The molecule has 0 fully saturated rings. The minimum atomic E-state index is -0.152. The summed E-state index contributed by atoms with van der Waals surface area (Å²) in [5.41, 5.74) is 1.22. The third kappa shape index (κ3) is 6.22. The van der Waals surface area contributed by atoms with Crippen LogP contribution < -0.4 is 4.74 Å². The second kappa shape index (κ2) is 10.4. The van der Waals surface area contributed by atoms with Gasteiger partial charge in [-0.3, -0.25) is 4.79 Å². The predicted octanol–water partition coefficient (Wildman–Crippen LogP) is 5.05. The van der Waals surface area contributed by atoms with Crippen LogP contribution in [0, 0.1) is 0 Å². The van der Waals surface area contributed by atoms with Crippen LogP contribution >= 0.6 is 15.9 Å². The third-order valence-corrected chi connectivity index (χ3v) is 4.02. The van der Waals surface area contributed by atoms with Gasteiger partial charge in [0, 0.05) is 11.4 Å². The van der Waals surface area contributed by atoms with Crippen LogP contribution in [-0.2, 0) is 6.42 Å². The van der Waals surface area contributed by atoms with E-state index in [-0.39, 0.29) is 11.5 Å². The molecule has 0 amide bonds. The van der Waals surface area contributed by atoms with Crippen LogP contribution in [0.25, 0.3) is 0 Å². The SMILES string of the molecule is C=CCc1cc(C(C)=O)c(O)cc1OCCCCCCCBr. The number of phenolic OH excluding ortho intramolecular Hbond substituents is 1. The molecule has 0 saturated carbocycles. The monoisotopic (exact) mass is 368 g/mol. The molecular formula is C18H25BrO3. The molecular weight excluding hydrogens is 344 g/mol. The number of ketones is 1. The van der Waals surface area contributed by atoms with E-state index in [4.69, 9.17) is 4.74 Å². The Labute approximate surface area is 141 Å². The first-order chi connectivity index (χ1) is 10.6. The Bertz CT molecular complexity index is 497. The molecule has 1 N–H and O–H groups in total. The van der Waals surface area contributed by atoms with E-state index in [0.717, 1.165) is 23.7 Å². The van der Waals surface area contributed by atoms with Crippen LogP contribution in [-0.4, -0.2) is 22.8 Å². The molecule has 1 rings (SSSR count). The number of ether oxygens (including phenoxy) is 1. The summed E-state index contributed by atoms with van der Waals surface area (Å²) in [7, 11) is 0. The molecule has 4 heteroatoms. The van der Waals surface area contributed by atoms with Gasteiger partial charge in [0.15, 0.2) is 5.78 Å². The number of phenols is 1. The summed E-state index contributed by atoms with van der Waals surface area (Å²) >= 11 is 3.43. The van der Waals surface area contributed by atoms with E-state index in [2.05, 4.69) is 22.5 Å². The number of Topliss-reactive ketones (excluding diaryl/α,β-unsaturated/α-hetero) is 1. The number of rotatable bonds is 11. The highest BCUT2D eigenvalue weighted by atomic mass is 79.9. The summed E-state index contributed by atoms with van der Waals surface area (Å²) in [6.07, 6.45) is 8.17. The van der Waals surface area contributed by atoms with E-state index in [1.165, 1.54) is 26.2 Å². The molecule has 0 unspecified atom stereocenters. The average molecular weight is 369 g/mol. The summed E-state index contributed by atoms with van der Waals surface area (Å²) in [6, 6.07) is 3.24. The summed E-state index contributed by atoms with van der Waals surface area (Å²) in [4.78, 5) is 11.5. The van der Waals surface area contributed by atoms with Crippen molar-refractivity contribution < 1.29 is 14.6 Å². The Hall–Kier alpha value is -1.29. The lowest BCUT2D eigenvalue weighted by Crippen LogP contribution is -2.03. The van der Waals surface area contributed by atoms with Crippen molar-refractivity contribution in [1.29, 1.82) is 0 Å². The maximum atomic E-state index is 11.5. The molecule has 0 saturated heterocycles. The maximum absolute atomic E-state index is 11.5. The molecule has 1 aromatic rings. The minimum absolute atomic E-state index is 0.0207. The number of aromatic hydroxyl groups is 1. The Balaban J connectivity index is 2.59. The minimum Gasteiger partial charge on any atom is -0.507 e. The highest BCUT2D eigenvalue weighted by Gasteiger charge is 2.12. The number of hydrogen-bond acceptors (Lipinski definition) is 3. The van der Waals surface area contributed by atoms with E-state index in [0.29, 0.717) is 24.3 Å².